The van der Waals surface area contributed by atoms with Gasteiger partial charge in [-0.1, -0.05) is 6.07 Å². The Morgan fingerprint density at radius 2 is 2.44 bits per heavy atom. The number of aryl methyl sites for hydroxylation is 2. The average Bonchev–Trinajstić information content (AvgIpc) is 2.98. The molecule has 0 saturated carbocycles. The zero-order valence-corrected chi connectivity index (χ0v) is 10.4. The molecule has 0 amide bonds. The predicted molar refractivity (Wildman–Crippen MR) is 68.8 cm³/mol. The van der Waals surface area contributed by atoms with Crippen LogP contribution >= 0.6 is 0 Å². The fourth-order valence-electron chi connectivity index (χ4n) is 2.84. The summed E-state index contributed by atoms with van der Waals surface area (Å²) in [6.45, 7) is 1.94. The fraction of sp³-hybridized carbons (Fsp3) is 0.357. The van der Waals surface area contributed by atoms with Gasteiger partial charge in [-0.05, 0) is 37.5 Å². The van der Waals surface area contributed by atoms with Crippen LogP contribution in [0.25, 0.3) is 0 Å². The average molecular weight is 243 g/mol. The maximum Gasteiger partial charge on any atom is 0.101 e. The summed E-state index contributed by atoms with van der Waals surface area (Å²) in [7, 11) is 0. The number of nitrogens with zero attached hydrogens (tertiary/aromatic N) is 1. The van der Waals surface area contributed by atoms with Crippen molar-refractivity contribution < 1.29 is 4.42 Å². The van der Waals surface area contributed by atoms with Gasteiger partial charge in [0.25, 0.3) is 0 Å². The Morgan fingerprint density at radius 1 is 1.56 bits per heavy atom. The van der Waals surface area contributed by atoms with Gasteiger partial charge >= 0.3 is 0 Å². The van der Waals surface area contributed by atoms with Crippen LogP contribution in [0.1, 0.15) is 41.0 Å². The first kappa shape index (κ1) is 11.4. The van der Waals surface area contributed by atoms with Crippen molar-refractivity contribution in [1.82, 2.24) is 10.4 Å². The van der Waals surface area contributed by atoms with E-state index < -0.39 is 0 Å². The molecule has 2 unspecified atom stereocenters. The smallest absolute Gasteiger partial charge is 0.101 e. The summed E-state index contributed by atoms with van der Waals surface area (Å²) in [6, 6.07) is 6.24. The molecule has 0 aliphatic heterocycles. The van der Waals surface area contributed by atoms with Crippen molar-refractivity contribution in [3.63, 3.8) is 0 Å². The molecule has 0 fully saturated rings. The van der Waals surface area contributed by atoms with E-state index in [4.69, 9.17) is 10.3 Å². The molecule has 0 radical (unpaired) electrons. The Kier molecular flexibility index (Phi) is 2.89. The van der Waals surface area contributed by atoms with Crippen LogP contribution in [0.3, 0.4) is 0 Å². The first-order chi connectivity index (χ1) is 8.79. The molecule has 0 spiro atoms. The molecule has 1 aliphatic rings. The van der Waals surface area contributed by atoms with Crippen LogP contribution in [0, 0.1) is 6.92 Å². The number of nitrogens with one attached hydrogen (secondary N) is 1. The summed E-state index contributed by atoms with van der Waals surface area (Å²) >= 11 is 0. The van der Waals surface area contributed by atoms with Gasteiger partial charge in [0.15, 0.2) is 0 Å². The summed E-state index contributed by atoms with van der Waals surface area (Å²) < 4.78 is 5.38. The number of pyridine rings is 1. The second-order valence-electron chi connectivity index (χ2n) is 4.83. The van der Waals surface area contributed by atoms with Crippen molar-refractivity contribution >= 4 is 0 Å². The first-order valence-electron chi connectivity index (χ1n) is 6.24. The second-order valence-corrected chi connectivity index (χ2v) is 4.83. The normalized spacial score (nSPS) is 19.8. The molecule has 3 rings (SSSR count). The Labute approximate surface area is 106 Å². The van der Waals surface area contributed by atoms with E-state index in [2.05, 4.69) is 16.5 Å². The van der Waals surface area contributed by atoms with E-state index in [1.807, 2.05) is 25.3 Å². The summed E-state index contributed by atoms with van der Waals surface area (Å²) in [5.41, 5.74) is 6.51. The van der Waals surface area contributed by atoms with Gasteiger partial charge in [0, 0.05) is 23.4 Å². The van der Waals surface area contributed by atoms with E-state index in [9.17, 15) is 0 Å². The Balaban J connectivity index is 1.95. The third-order valence-corrected chi connectivity index (χ3v) is 3.69. The molecular formula is C14H17N3O. The van der Waals surface area contributed by atoms with Crippen LogP contribution in [0.15, 0.2) is 35.1 Å². The van der Waals surface area contributed by atoms with Crippen molar-refractivity contribution in [2.75, 3.05) is 0 Å². The number of rotatable bonds is 3. The van der Waals surface area contributed by atoms with Crippen LogP contribution in [0.4, 0.5) is 0 Å². The zero-order valence-electron chi connectivity index (χ0n) is 10.4. The molecule has 0 bridgehead atoms. The van der Waals surface area contributed by atoms with E-state index in [0.717, 1.165) is 24.2 Å². The Hall–Kier alpha value is -1.65. The monoisotopic (exact) mass is 243 g/mol. The molecule has 94 valence electrons. The van der Waals surface area contributed by atoms with Crippen LogP contribution in [0.2, 0.25) is 0 Å². The maximum atomic E-state index is 5.73. The molecule has 3 N–H and O–H groups in total. The number of furan rings is 1. The van der Waals surface area contributed by atoms with E-state index in [0.29, 0.717) is 5.92 Å². The van der Waals surface area contributed by atoms with Gasteiger partial charge in [-0.15, -0.1) is 0 Å². The molecule has 0 aromatic carbocycles. The van der Waals surface area contributed by atoms with Crippen LogP contribution < -0.4 is 11.3 Å². The van der Waals surface area contributed by atoms with Gasteiger partial charge in [0.2, 0.25) is 0 Å². The van der Waals surface area contributed by atoms with Crippen molar-refractivity contribution in [1.29, 1.82) is 0 Å². The quantitative estimate of drug-likeness (QED) is 0.641. The summed E-state index contributed by atoms with van der Waals surface area (Å²) in [5.74, 6) is 6.96. The number of nitrogens with two attached hydrogens (primary N) is 1. The lowest BCUT2D eigenvalue weighted by Gasteiger charge is -2.21. The summed E-state index contributed by atoms with van der Waals surface area (Å²) in [4.78, 5) is 4.52. The zero-order chi connectivity index (χ0) is 12.5. The van der Waals surface area contributed by atoms with E-state index in [-0.39, 0.29) is 6.04 Å². The largest absolute Gasteiger partial charge is 0.469 e. The number of hydrogen-bond donors (Lipinski definition) is 2. The molecule has 2 heterocycles. The lowest BCUT2D eigenvalue weighted by atomic mass is 9.93. The predicted octanol–water partition coefficient (Wildman–Crippen LogP) is 2.22. The molecule has 18 heavy (non-hydrogen) atoms. The van der Waals surface area contributed by atoms with Crippen molar-refractivity contribution in [3.8, 4) is 0 Å². The van der Waals surface area contributed by atoms with E-state index in [1.54, 1.807) is 6.26 Å². The highest BCUT2D eigenvalue weighted by molar-refractivity contribution is 5.33. The standard InChI is InChI=1S/C14H17N3O/c1-9-7-11(8-18-9)14(17-15)12-5-4-10-3-2-6-16-13(10)12/h2-3,6-8,12,14,17H,4-5,15H2,1H3. The molecule has 2 aromatic rings. The Bertz CT molecular complexity index is 549. The highest BCUT2D eigenvalue weighted by Crippen LogP contribution is 2.40. The number of hydrogen-bond acceptors (Lipinski definition) is 4. The topological polar surface area (TPSA) is 64.1 Å². The second kappa shape index (κ2) is 4.55. The maximum absolute atomic E-state index is 5.73. The third kappa shape index (κ3) is 1.83. The molecule has 2 atom stereocenters. The Morgan fingerprint density at radius 3 is 3.17 bits per heavy atom. The minimum Gasteiger partial charge on any atom is -0.469 e. The number of fused-ring (bicyclic) bond motifs is 1. The van der Waals surface area contributed by atoms with Gasteiger partial charge < -0.3 is 4.42 Å². The lowest BCUT2D eigenvalue weighted by molar-refractivity contribution is 0.440. The molecule has 4 heteroatoms. The van der Waals surface area contributed by atoms with Crippen molar-refractivity contribution in [2.24, 2.45) is 5.84 Å². The van der Waals surface area contributed by atoms with Crippen LogP contribution in [0.5, 0.6) is 0 Å². The highest BCUT2D eigenvalue weighted by Gasteiger charge is 2.32. The molecule has 4 nitrogen and oxygen atoms in total. The molecule has 1 aliphatic carbocycles. The fourth-order valence-corrected chi connectivity index (χ4v) is 2.84. The number of aromatic nitrogens is 1. The summed E-state index contributed by atoms with van der Waals surface area (Å²) in [5, 5.41) is 0. The molecule has 0 saturated heterocycles. The molecule has 2 aromatic heterocycles. The van der Waals surface area contributed by atoms with Crippen LogP contribution in [-0.2, 0) is 6.42 Å². The van der Waals surface area contributed by atoms with Crippen molar-refractivity contribution in [3.05, 3.63) is 53.2 Å². The molecular weight excluding hydrogens is 226 g/mol. The van der Waals surface area contributed by atoms with Gasteiger partial charge in [0.05, 0.1) is 12.3 Å². The SMILES string of the molecule is Cc1cc(C(NN)C2CCc3cccnc32)co1. The van der Waals surface area contributed by atoms with E-state index in [1.165, 1.54) is 11.3 Å². The van der Waals surface area contributed by atoms with Gasteiger partial charge in [-0.25, -0.2) is 0 Å². The van der Waals surface area contributed by atoms with Gasteiger partial charge in [-0.3, -0.25) is 16.3 Å². The van der Waals surface area contributed by atoms with Crippen LogP contribution in [-0.4, -0.2) is 4.98 Å². The minimum atomic E-state index is 0.0681. The highest BCUT2D eigenvalue weighted by atomic mass is 16.3. The third-order valence-electron chi connectivity index (χ3n) is 3.69. The van der Waals surface area contributed by atoms with E-state index >= 15 is 0 Å². The number of hydrazine groups is 1. The lowest BCUT2D eigenvalue weighted by Crippen LogP contribution is -2.32. The van der Waals surface area contributed by atoms with Gasteiger partial charge in [-0.2, -0.15) is 0 Å². The minimum absolute atomic E-state index is 0.0681. The van der Waals surface area contributed by atoms with Gasteiger partial charge in [0.1, 0.15) is 5.76 Å². The van der Waals surface area contributed by atoms with Crippen molar-refractivity contribution in [2.45, 2.75) is 31.7 Å². The summed E-state index contributed by atoms with van der Waals surface area (Å²) in [6.07, 6.45) is 5.78. The first-order valence-corrected chi connectivity index (χ1v) is 6.24.